The predicted molar refractivity (Wildman–Crippen MR) is 87.4 cm³/mol. The van der Waals surface area contributed by atoms with Crippen LogP contribution in [-0.4, -0.2) is 53.4 Å². The lowest BCUT2D eigenvalue weighted by molar-refractivity contribution is -0.134. The Labute approximate surface area is 131 Å². The van der Waals surface area contributed by atoms with Gasteiger partial charge in [0.2, 0.25) is 11.8 Å². The molecule has 0 bridgehead atoms. The summed E-state index contributed by atoms with van der Waals surface area (Å²) < 4.78 is 1.99. The first kappa shape index (κ1) is 17.6. The molecule has 1 aromatic rings. The Hall–Kier alpha value is -1.43. The molecule has 0 aliphatic heterocycles. The van der Waals surface area contributed by atoms with Crippen molar-refractivity contribution in [2.45, 2.75) is 31.8 Å². The molecule has 0 saturated carbocycles. The summed E-state index contributed by atoms with van der Waals surface area (Å²) in [5, 5.41) is 2.87. The average Bonchev–Trinajstić information content (AvgIpc) is 2.96. The second-order valence-corrected chi connectivity index (χ2v) is 6.30. The molecule has 2 atom stereocenters. The number of carbonyl (C=O) groups excluding carboxylic acids is 2. The molecule has 1 rings (SSSR count). The number of hydrogen-bond donors (Lipinski definition) is 1. The third-order valence-electron chi connectivity index (χ3n) is 3.30. The molecule has 118 valence electrons. The van der Waals surface area contributed by atoms with E-state index in [4.69, 9.17) is 0 Å². The fourth-order valence-corrected chi connectivity index (χ4v) is 2.54. The fraction of sp³-hybridized carbons (Fsp3) is 0.600. The average molecular weight is 311 g/mol. The Morgan fingerprint density at radius 1 is 1.29 bits per heavy atom. The highest BCUT2D eigenvalue weighted by atomic mass is 32.2. The third kappa shape index (κ3) is 5.83. The molecular weight excluding hydrogens is 286 g/mol. The van der Waals surface area contributed by atoms with Gasteiger partial charge in [0.05, 0.1) is 0 Å². The summed E-state index contributed by atoms with van der Waals surface area (Å²) >= 11 is 1.67. The van der Waals surface area contributed by atoms with Gasteiger partial charge in [0.1, 0.15) is 6.04 Å². The number of rotatable bonds is 8. The quantitative estimate of drug-likeness (QED) is 0.796. The molecule has 1 aromatic heterocycles. The topological polar surface area (TPSA) is 54.3 Å². The van der Waals surface area contributed by atoms with Gasteiger partial charge in [-0.25, -0.2) is 0 Å². The predicted octanol–water partition coefficient (Wildman–Crippen LogP) is 1.77. The Morgan fingerprint density at radius 3 is 2.43 bits per heavy atom. The van der Waals surface area contributed by atoms with Crippen LogP contribution >= 0.6 is 11.8 Å². The number of thioether (sulfide) groups is 1. The minimum Gasteiger partial charge on any atom is -0.351 e. The minimum absolute atomic E-state index is 0.0500. The molecule has 0 saturated heterocycles. The molecule has 0 aliphatic rings. The number of nitrogens with zero attached hydrogens (tertiary/aromatic N) is 2. The lowest BCUT2D eigenvalue weighted by Gasteiger charge is -2.22. The molecule has 21 heavy (non-hydrogen) atoms. The van der Waals surface area contributed by atoms with Crippen molar-refractivity contribution in [1.82, 2.24) is 14.8 Å². The van der Waals surface area contributed by atoms with Crippen LogP contribution in [0.4, 0.5) is 0 Å². The number of likely N-dealkylation sites (N-methyl/N-ethyl adjacent to an activating group) is 1. The number of aromatic nitrogens is 1. The van der Waals surface area contributed by atoms with Gasteiger partial charge in [-0.1, -0.05) is 0 Å². The van der Waals surface area contributed by atoms with Gasteiger partial charge in [0.15, 0.2) is 0 Å². The molecule has 1 unspecified atom stereocenters. The van der Waals surface area contributed by atoms with E-state index in [1.54, 1.807) is 25.9 Å². The van der Waals surface area contributed by atoms with Crippen molar-refractivity contribution in [3.05, 3.63) is 24.5 Å². The molecule has 2 amide bonds. The summed E-state index contributed by atoms with van der Waals surface area (Å²) in [6.07, 6.45) is 6.89. The molecule has 0 spiro atoms. The van der Waals surface area contributed by atoms with Crippen LogP contribution in [0.3, 0.4) is 0 Å². The highest BCUT2D eigenvalue weighted by molar-refractivity contribution is 7.98. The number of amides is 2. The first-order chi connectivity index (χ1) is 9.95. The number of carbonyl (C=O) groups is 2. The van der Waals surface area contributed by atoms with Crippen LogP contribution in [-0.2, 0) is 9.59 Å². The first-order valence-corrected chi connectivity index (χ1v) is 8.47. The van der Waals surface area contributed by atoms with Gasteiger partial charge in [0, 0.05) is 39.0 Å². The van der Waals surface area contributed by atoms with Crippen LogP contribution in [0.25, 0.3) is 0 Å². The third-order valence-corrected chi connectivity index (χ3v) is 3.95. The molecule has 0 fully saturated rings. The fourth-order valence-electron chi connectivity index (χ4n) is 2.07. The molecule has 5 nitrogen and oxygen atoms in total. The summed E-state index contributed by atoms with van der Waals surface area (Å²) in [7, 11) is 3.42. The maximum absolute atomic E-state index is 12.1. The molecule has 0 radical (unpaired) electrons. The maximum Gasteiger partial charge on any atom is 0.244 e. The molecular formula is C15H25N3O2S. The summed E-state index contributed by atoms with van der Waals surface area (Å²) in [5.41, 5.74) is 0. The van der Waals surface area contributed by atoms with Gasteiger partial charge >= 0.3 is 0 Å². The van der Waals surface area contributed by atoms with Crippen LogP contribution in [0.15, 0.2) is 24.5 Å². The van der Waals surface area contributed by atoms with E-state index < -0.39 is 6.04 Å². The molecule has 0 aliphatic carbocycles. The number of nitrogens with one attached hydrogen (secondary N) is 1. The summed E-state index contributed by atoms with van der Waals surface area (Å²) in [6, 6.07) is 3.52. The lowest BCUT2D eigenvalue weighted by Crippen LogP contribution is -2.46. The van der Waals surface area contributed by atoms with Crippen molar-refractivity contribution < 1.29 is 9.59 Å². The largest absolute Gasteiger partial charge is 0.351 e. The van der Waals surface area contributed by atoms with Gasteiger partial charge in [0.25, 0.3) is 0 Å². The second-order valence-electron chi connectivity index (χ2n) is 5.32. The Bertz CT molecular complexity index is 446. The van der Waals surface area contributed by atoms with E-state index in [1.165, 1.54) is 4.90 Å². The van der Waals surface area contributed by atoms with Crippen LogP contribution < -0.4 is 5.32 Å². The highest BCUT2D eigenvalue weighted by Gasteiger charge is 2.22. The maximum atomic E-state index is 12.1. The SMILES string of the molecule is CSCC[C@H](NC(=O)CC(C)n1cccc1)C(=O)N(C)C. The Morgan fingerprint density at radius 2 is 1.90 bits per heavy atom. The van der Waals surface area contributed by atoms with Crippen molar-refractivity contribution in [1.29, 1.82) is 0 Å². The molecule has 1 heterocycles. The smallest absolute Gasteiger partial charge is 0.244 e. The summed E-state index contributed by atoms with van der Waals surface area (Å²) in [6.45, 7) is 1.99. The molecule has 1 N–H and O–H groups in total. The standard InChI is InChI=1S/C15H25N3O2S/c1-12(18-8-5-6-9-18)11-14(19)16-13(7-10-21-4)15(20)17(2)3/h5-6,8-9,12-13H,7,10-11H2,1-4H3,(H,16,19)/t12?,13-/m0/s1. The molecule has 6 heteroatoms. The van der Waals surface area contributed by atoms with E-state index >= 15 is 0 Å². The van der Waals surface area contributed by atoms with Gasteiger partial charge in [-0.05, 0) is 37.5 Å². The first-order valence-electron chi connectivity index (χ1n) is 7.07. The van der Waals surface area contributed by atoms with Crippen molar-refractivity contribution in [3.8, 4) is 0 Å². The van der Waals surface area contributed by atoms with Crippen LogP contribution in [0.2, 0.25) is 0 Å². The van der Waals surface area contributed by atoms with Gasteiger partial charge in [-0.2, -0.15) is 11.8 Å². The molecule has 0 aromatic carbocycles. The van der Waals surface area contributed by atoms with E-state index in [0.717, 1.165) is 5.75 Å². The van der Waals surface area contributed by atoms with Gasteiger partial charge < -0.3 is 14.8 Å². The van der Waals surface area contributed by atoms with Gasteiger partial charge in [-0.15, -0.1) is 0 Å². The van der Waals surface area contributed by atoms with Crippen LogP contribution in [0.1, 0.15) is 25.8 Å². The van der Waals surface area contributed by atoms with Crippen molar-refractivity contribution >= 4 is 23.6 Å². The highest BCUT2D eigenvalue weighted by Crippen LogP contribution is 2.11. The van der Waals surface area contributed by atoms with E-state index in [2.05, 4.69) is 5.32 Å². The van der Waals surface area contributed by atoms with E-state index in [-0.39, 0.29) is 17.9 Å². The zero-order chi connectivity index (χ0) is 15.8. The Balaban J connectivity index is 2.56. The second kappa shape index (κ2) is 8.77. The zero-order valence-corrected chi connectivity index (χ0v) is 14.0. The van der Waals surface area contributed by atoms with Crippen LogP contribution in [0, 0.1) is 0 Å². The van der Waals surface area contributed by atoms with Crippen molar-refractivity contribution in [3.63, 3.8) is 0 Å². The Kier molecular flexibility index (Phi) is 7.36. The van der Waals surface area contributed by atoms with Crippen LogP contribution in [0.5, 0.6) is 0 Å². The monoisotopic (exact) mass is 311 g/mol. The zero-order valence-electron chi connectivity index (χ0n) is 13.2. The van der Waals surface area contributed by atoms with Crippen molar-refractivity contribution in [2.24, 2.45) is 0 Å². The lowest BCUT2D eigenvalue weighted by atomic mass is 10.1. The van der Waals surface area contributed by atoms with E-state index in [9.17, 15) is 9.59 Å². The van der Waals surface area contributed by atoms with Crippen molar-refractivity contribution in [2.75, 3.05) is 26.1 Å². The van der Waals surface area contributed by atoms with Gasteiger partial charge in [-0.3, -0.25) is 9.59 Å². The van der Waals surface area contributed by atoms with E-state index in [1.807, 2.05) is 42.3 Å². The summed E-state index contributed by atoms with van der Waals surface area (Å²) in [4.78, 5) is 25.8. The summed E-state index contributed by atoms with van der Waals surface area (Å²) in [5.74, 6) is 0.709. The number of hydrogen-bond acceptors (Lipinski definition) is 3. The minimum atomic E-state index is -0.434. The normalized spacial score (nSPS) is 13.5. The van der Waals surface area contributed by atoms with E-state index in [0.29, 0.717) is 12.8 Å².